The third-order valence-electron chi connectivity index (χ3n) is 4.91. The lowest BCUT2D eigenvalue weighted by Crippen LogP contribution is -2.48. The first-order valence-electron chi connectivity index (χ1n) is 9.59. The summed E-state index contributed by atoms with van der Waals surface area (Å²) in [4.78, 5) is 16.5. The van der Waals surface area contributed by atoms with Crippen molar-refractivity contribution >= 4 is 29.0 Å². The number of ether oxygens (including phenoxy) is 2. The van der Waals surface area contributed by atoms with Gasteiger partial charge in [-0.15, -0.1) is 0 Å². The average Bonchev–Trinajstić information content (AvgIpc) is 2.75. The maximum atomic E-state index is 12.0. The van der Waals surface area contributed by atoms with E-state index in [9.17, 15) is 4.79 Å². The minimum Gasteiger partial charge on any atom is -0.493 e. The van der Waals surface area contributed by atoms with Gasteiger partial charge in [-0.1, -0.05) is 29.8 Å². The van der Waals surface area contributed by atoms with Crippen LogP contribution < -0.4 is 25.0 Å². The smallest absolute Gasteiger partial charge is 0.319 e. The first-order chi connectivity index (χ1) is 14.1. The molecule has 1 aliphatic rings. The molecule has 2 amide bonds. The third-order valence-corrected chi connectivity index (χ3v) is 5.21. The van der Waals surface area contributed by atoms with E-state index in [-0.39, 0.29) is 6.03 Å². The number of hydrogen-bond donors (Lipinski definition) is 2. The predicted octanol–water partition coefficient (Wildman–Crippen LogP) is 3.30. The van der Waals surface area contributed by atoms with Crippen LogP contribution in [0.1, 0.15) is 0 Å². The van der Waals surface area contributed by atoms with E-state index < -0.39 is 0 Å². The number of rotatable bonds is 7. The van der Waals surface area contributed by atoms with Gasteiger partial charge in [0.1, 0.15) is 0 Å². The zero-order chi connectivity index (χ0) is 20.6. The number of hydrogen-bond acceptors (Lipinski definition) is 5. The standard InChI is InChI=1S/C21H27ClN4O3/c1-28-19-14-17(22)18(15-20(19)29-2)26-12-10-25(11-13-26)9-8-23-21(27)24-16-6-4-3-5-7-16/h3-7,14-15H,8-13H2,1-2H3,(H2,23,24,27). The van der Waals surface area contributed by atoms with Gasteiger partial charge in [-0.3, -0.25) is 4.90 Å². The van der Waals surface area contributed by atoms with Crippen molar-refractivity contribution < 1.29 is 14.3 Å². The van der Waals surface area contributed by atoms with Gasteiger partial charge < -0.3 is 25.0 Å². The lowest BCUT2D eigenvalue weighted by molar-refractivity contribution is 0.240. The van der Waals surface area contributed by atoms with E-state index in [1.807, 2.05) is 36.4 Å². The van der Waals surface area contributed by atoms with E-state index >= 15 is 0 Å². The van der Waals surface area contributed by atoms with Crippen LogP contribution in [0.25, 0.3) is 0 Å². The summed E-state index contributed by atoms with van der Waals surface area (Å²) < 4.78 is 10.7. The fourth-order valence-corrected chi connectivity index (χ4v) is 3.60. The average molecular weight is 419 g/mol. The molecular weight excluding hydrogens is 392 g/mol. The van der Waals surface area contributed by atoms with Gasteiger partial charge in [0.25, 0.3) is 0 Å². The predicted molar refractivity (Wildman–Crippen MR) is 117 cm³/mol. The second-order valence-corrected chi connectivity index (χ2v) is 7.14. The summed E-state index contributed by atoms with van der Waals surface area (Å²) in [7, 11) is 3.22. The van der Waals surface area contributed by atoms with Crippen LogP contribution in [0, 0.1) is 0 Å². The molecule has 1 fully saturated rings. The zero-order valence-electron chi connectivity index (χ0n) is 16.8. The maximum absolute atomic E-state index is 12.0. The van der Waals surface area contributed by atoms with Gasteiger partial charge in [-0.2, -0.15) is 0 Å². The molecule has 156 valence electrons. The van der Waals surface area contributed by atoms with Crippen LogP contribution in [-0.2, 0) is 0 Å². The van der Waals surface area contributed by atoms with Crippen LogP contribution >= 0.6 is 11.6 Å². The van der Waals surface area contributed by atoms with Gasteiger partial charge >= 0.3 is 6.03 Å². The normalized spacial score (nSPS) is 14.4. The Labute approximate surface area is 176 Å². The molecule has 8 heteroatoms. The molecule has 0 spiro atoms. The molecule has 2 aromatic rings. The van der Waals surface area contributed by atoms with Crippen LogP contribution in [0.4, 0.5) is 16.2 Å². The highest BCUT2D eigenvalue weighted by Crippen LogP contribution is 2.38. The van der Waals surface area contributed by atoms with Crippen LogP contribution in [0.2, 0.25) is 5.02 Å². The summed E-state index contributed by atoms with van der Waals surface area (Å²) in [6.45, 7) is 4.89. The summed E-state index contributed by atoms with van der Waals surface area (Å²) in [5.74, 6) is 1.29. The minimum absolute atomic E-state index is 0.188. The lowest BCUT2D eigenvalue weighted by atomic mass is 10.2. The largest absolute Gasteiger partial charge is 0.493 e. The molecule has 1 saturated heterocycles. The zero-order valence-corrected chi connectivity index (χ0v) is 17.5. The number of methoxy groups -OCH3 is 2. The summed E-state index contributed by atoms with van der Waals surface area (Å²) >= 11 is 6.45. The number of amides is 2. The second kappa shape index (κ2) is 10.2. The van der Waals surface area contributed by atoms with Gasteiger partial charge in [0.2, 0.25) is 0 Å². The fraction of sp³-hybridized carbons (Fsp3) is 0.381. The summed E-state index contributed by atoms with van der Waals surface area (Å²) in [5, 5.41) is 6.37. The van der Waals surface area contributed by atoms with E-state index in [2.05, 4.69) is 20.4 Å². The van der Waals surface area contributed by atoms with Crippen LogP contribution in [0.15, 0.2) is 42.5 Å². The molecule has 0 bridgehead atoms. The summed E-state index contributed by atoms with van der Waals surface area (Å²) in [6, 6.07) is 12.9. The number of para-hydroxylation sites is 1. The Morgan fingerprint density at radius 1 is 1.03 bits per heavy atom. The van der Waals surface area contributed by atoms with E-state index in [4.69, 9.17) is 21.1 Å². The number of halogens is 1. The quantitative estimate of drug-likeness (QED) is 0.722. The van der Waals surface area contributed by atoms with Crippen LogP contribution in [0.5, 0.6) is 11.5 Å². The highest BCUT2D eigenvalue weighted by atomic mass is 35.5. The van der Waals surface area contributed by atoms with Crippen molar-refractivity contribution in [1.82, 2.24) is 10.2 Å². The third kappa shape index (κ3) is 5.68. The first kappa shape index (κ1) is 21.1. The van der Waals surface area contributed by atoms with Crippen molar-refractivity contribution in [1.29, 1.82) is 0 Å². The number of carbonyl (C=O) groups is 1. The maximum Gasteiger partial charge on any atom is 0.319 e. The SMILES string of the molecule is COc1cc(Cl)c(N2CCN(CCNC(=O)Nc3ccccc3)CC2)cc1OC. The molecule has 0 aliphatic carbocycles. The van der Waals surface area contributed by atoms with Crippen molar-refractivity contribution in [3.05, 3.63) is 47.5 Å². The Bertz CT molecular complexity index is 811. The number of nitrogens with zero attached hydrogens (tertiary/aromatic N) is 2. The lowest BCUT2D eigenvalue weighted by Gasteiger charge is -2.36. The van der Waals surface area contributed by atoms with Crippen molar-refractivity contribution in [2.75, 3.05) is 63.7 Å². The van der Waals surface area contributed by atoms with Crippen molar-refractivity contribution in [2.45, 2.75) is 0 Å². The molecule has 0 atom stereocenters. The summed E-state index contributed by atoms with van der Waals surface area (Å²) in [6.07, 6.45) is 0. The molecule has 0 saturated carbocycles. The minimum atomic E-state index is -0.188. The van der Waals surface area contributed by atoms with Crippen molar-refractivity contribution in [3.8, 4) is 11.5 Å². The van der Waals surface area contributed by atoms with Crippen LogP contribution in [0.3, 0.4) is 0 Å². The van der Waals surface area contributed by atoms with Crippen molar-refractivity contribution in [2.24, 2.45) is 0 Å². The van der Waals surface area contributed by atoms with Crippen LogP contribution in [-0.4, -0.2) is 64.4 Å². The molecule has 0 aromatic heterocycles. The molecule has 2 N–H and O–H groups in total. The van der Waals surface area contributed by atoms with Gasteiger partial charge in [0.05, 0.1) is 24.9 Å². The first-order valence-corrected chi connectivity index (χ1v) is 9.97. The second-order valence-electron chi connectivity index (χ2n) is 6.73. The van der Waals surface area contributed by atoms with E-state index in [0.29, 0.717) is 23.1 Å². The Kier molecular flexibility index (Phi) is 7.43. The number of benzene rings is 2. The summed E-state index contributed by atoms with van der Waals surface area (Å²) in [5.41, 5.74) is 1.73. The number of piperazine rings is 1. The molecule has 0 radical (unpaired) electrons. The van der Waals surface area contributed by atoms with E-state index in [0.717, 1.165) is 44.1 Å². The van der Waals surface area contributed by atoms with Gasteiger partial charge in [0.15, 0.2) is 11.5 Å². The van der Waals surface area contributed by atoms with E-state index in [1.54, 1.807) is 20.3 Å². The number of anilines is 2. The topological polar surface area (TPSA) is 66.1 Å². The highest BCUT2D eigenvalue weighted by Gasteiger charge is 2.21. The van der Waals surface area contributed by atoms with E-state index in [1.165, 1.54) is 0 Å². The fourth-order valence-electron chi connectivity index (χ4n) is 3.32. The molecule has 7 nitrogen and oxygen atoms in total. The Morgan fingerprint density at radius 3 is 2.34 bits per heavy atom. The van der Waals surface area contributed by atoms with Gasteiger partial charge in [-0.05, 0) is 12.1 Å². The molecule has 1 aliphatic heterocycles. The van der Waals surface area contributed by atoms with Gasteiger partial charge in [-0.25, -0.2) is 4.79 Å². The molecule has 0 unspecified atom stereocenters. The Morgan fingerprint density at radius 2 is 1.69 bits per heavy atom. The molecule has 3 rings (SSSR count). The number of urea groups is 1. The number of carbonyl (C=O) groups excluding carboxylic acids is 1. The molecule has 29 heavy (non-hydrogen) atoms. The Balaban J connectivity index is 1.44. The monoisotopic (exact) mass is 418 g/mol. The van der Waals surface area contributed by atoms with Gasteiger partial charge in [0, 0.05) is 57.1 Å². The highest BCUT2D eigenvalue weighted by molar-refractivity contribution is 6.33. The Hall–Kier alpha value is -2.64. The molecular formula is C21H27ClN4O3. The molecule has 1 heterocycles. The molecule has 2 aromatic carbocycles. The number of nitrogens with one attached hydrogen (secondary N) is 2. The van der Waals surface area contributed by atoms with Crippen molar-refractivity contribution in [3.63, 3.8) is 0 Å².